The van der Waals surface area contributed by atoms with Gasteiger partial charge in [-0.05, 0) is 37.0 Å². The molecule has 3 nitrogen and oxygen atoms in total. The van der Waals surface area contributed by atoms with Gasteiger partial charge in [0.15, 0.2) is 0 Å². The number of carbonyl (C=O) groups is 1. The van der Waals surface area contributed by atoms with E-state index in [9.17, 15) is 10.1 Å². The van der Waals surface area contributed by atoms with Crippen molar-refractivity contribution in [3.05, 3.63) is 34.3 Å². The second kappa shape index (κ2) is 6.90. The monoisotopic (exact) mass is 334 g/mol. The molecule has 106 valence electrons. The van der Waals surface area contributed by atoms with Crippen LogP contribution in [0.4, 0.5) is 0 Å². The van der Waals surface area contributed by atoms with Gasteiger partial charge in [0.25, 0.3) is 0 Å². The average Bonchev–Trinajstić information content (AvgIpc) is 2.46. The molecular formula is C16H19BrN2O. The van der Waals surface area contributed by atoms with Gasteiger partial charge in [0, 0.05) is 10.9 Å². The Morgan fingerprint density at radius 1 is 1.35 bits per heavy atom. The number of nitriles is 1. The Morgan fingerprint density at radius 2 is 2.10 bits per heavy atom. The minimum atomic E-state index is -0.618. The van der Waals surface area contributed by atoms with Crippen molar-refractivity contribution in [1.29, 1.82) is 5.26 Å². The summed E-state index contributed by atoms with van der Waals surface area (Å²) < 4.78 is 1.02. The molecule has 1 fully saturated rings. The molecule has 4 heteroatoms. The summed E-state index contributed by atoms with van der Waals surface area (Å²) >= 11 is 3.42. The minimum absolute atomic E-state index is 0.0200. The third-order valence-electron chi connectivity index (χ3n) is 3.83. The van der Waals surface area contributed by atoms with Crippen molar-refractivity contribution in [3.63, 3.8) is 0 Å². The number of hydrogen-bond acceptors (Lipinski definition) is 2. The predicted octanol–water partition coefficient (Wildman–Crippen LogP) is 3.72. The van der Waals surface area contributed by atoms with Crippen molar-refractivity contribution >= 4 is 21.8 Å². The summed E-state index contributed by atoms with van der Waals surface area (Å²) in [7, 11) is 0. The summed E-state index contributed by atoms with van der Waals surface area (Å²) in [6.45, 7) is 0. The van der Waals surface area contributed by atoms with E-state index in [2.05, 4.69) is 27.3 Å². The quantitative estimate of drug-likeness (QED) is 0.912. The van der Waals surface area contributed by atoms with E-state index in [4.69, 9.17) is 0 Å². The van der Waals surface area contributed by atoms with Crippen LogP contribution in [-0.4, -0.2) is 11.4 Å². The predicted molar refractivity (Wildman–Crippen MR) is 82.0 cm³/mol. The lowest BCUT2D eigenvalue weighted by molar-refractivity contribution is -0.122. The number of hydrogen-bond donors (Lipinski definition) is 1. The first-order valence-corrected chi connectivity index (χ1v) is 7.90. The average molecular weight is 335 g/mol. The van der Waals surface area contributed by atoms with Gasteiger partial charge in [0.2, 0.25) is 5.91 Å². The molecule has 1 aromatic carbocycles. The van der Waals surface area contributed by atoms with Crippen LogP contribution in [0.1, 0.15) is 44.1 Å². The maximum atomic E-state index is 12.1. The van der Waals surface area contributed by atoms with Gasteiger partial charge in [0.1, 0.15) is 5.54 Å². The van der Waals surface area contributed by atoms with E-state index in [1.807, 2.05) is 24.3 Å². The van der Waals surface area contributed by atoms with Gasteiger partial charge < -0.3 is 5.32 Å². The van der Waals surface area contributed by atoms with Crippen LogP contribution in [0.15, 0.2) is 28.7 Å². The third kappa shape index (κ3) is 4.08. The SMILES string of the molecule is N#CC1(NC(=O)CCc2cccc(Br)c2)CCCCC1. The van der Waals surface area contributed by atoms with Gasteiger partial charge in [-0.1, -0.05) is 47.3 Å². The maximum absolute atomic E-state index is 12.1. The lowest BCUT2D eigenvalue weighted by Crippen LogP contribution is -2.48. The number of benzene rings is 1. The summed E-state index contributed by atoms with van der Waals surface area (Å²) in [4.78, 5) is 12.1. The summed E-state index contributed by atoms with van der Waals surface area (Å²) in [6, 6.07) is 10.3. The highest BCUT2D eigenvalue weighted by Crippen LogP contribution is 2.27. The van der Waals surface area contributed by atoms with E-state index in [-0.39, 0.29) is 5.91 Å². The van der Waals surface area contributed by atoms with E-state index in [0.29, 0.717) is 12.8 Å². The highest BCUT2D eigenvalue weighted by Gasteiger charge is 2.33. The number of nitrogens with zero attached hydrogens (tertiary/aromatic N) is 1. The highest BCUT2D eigenvalue weighted by molar-refractivity contribution is 9.10. The molecule has 1 aliphatic carbocycles. The number of rotatable bonds is 4. The number of amides is 1. The Bertz CT molecular complexity index is 515. The van der Waals surface area contributed by atoms with E-state index in [1.165, 1.54) is 0 Å². The Labute approximate surface area is 128 Å². The van der Waals surface area contributed by atoms with Crippen LogP contribution in [-0.2, 0) is 11.2 Å². The first kappa shape index (κ1) is 15.1. The van der Waals surface area contributed by atoms with E-state index in [0.717, 1.165) is 42.1 Å². The fourth-order valence-corrected chi connectivity index (χ4v) is 3.15. The Hall–Kier alpha value is -1.34. The minimum Gasteiger partial charge on any atom is -0.338 e. The molecule has 0 bridgehead atoms. The fourth-order valence-electron chi connectivity index (χ4n) is 2.70. The number of halogens is 1. The standard InChI is InChI=1S/C16H19BrN2O/c17-14-6-4-5-13(11-14)7-8-15(20)19-16(12-18)9-2-1-3-10-16/h4-6,11H,1-3,7-10H2,(H,19,20). The van der Waals surface area contributed by atoms with Crippen LogP contribution < -0.4 is 5.32 Å². The van der Waals surface area contributed by atoms with Gasteiger partial charge in [-0.3, -0.25) is 4.79 Å². The summed E-state index contributed by atoms with van der Waals surface area (Å²) in [5.41, 5.74) is 0.510. The zero-order valence-corrected chi connectivity index (χ0v) is 13.1. The molecular weight excluding hydrogens is 316 g/mol. The number of nitrogens with one attached hydrogen (secondary N) is 1. The zero-order chi connectivity index (χ0) is 14.4. The Kier molecular flexibility index (Phi) is 5.19. The van der Waals surface area contributed by atoms with Crippen molar-refractivity contribution in [2.24, 2.45) is 0 Å². The van der Waals surface area contributed by atoms with E-state index < -0.39 is 5.54 Å². The van der Waals surface area contributed by atoms with Crippen LogP contribution in [0, 0.1) is 11.3 Å². The van der Waals surface area contributed by atoms with E-state index in [1.54, 1.807) is 0 Å². The van der Waals surface area contributed by atoms with Gasteiger partial charge in [0.05, 0.1) is 6.07 Å². The van der Waals surface area contributed by atoms with E-state index >= 15 is 0 Å². The van der Waals surface area contributed by atoms with Crippen LogP contribution in [0.2, 0.25) is 0 Å². The zero-order valence-electron chi connectivity index (χ0n) is 11.5. The second-order valence-corrected chi connectivity index (χ2v) is 6.35. The number of carbonyl (C=O) groups excluding carboxylic acids is 1. The van der Waals surface area contributed by atoms with Crippen molar-refractivity contribution in [1.82, 2.24) is 5.32 Å². The lowest BCUT2D eigenvalue weighted by Gasteiger charge is -2.31. The summed E-state index contributed by atoms with van der Waals surface area (Å²) in [5, 5.41) is 12.3. The molecule has 1 saturated carbocycles. The molecule has 1 N–H and O–H groups in total. The summed E-state index contributed by atoms with van der Waals surface area (Å²) in [6.07, 6.45) is 5.92. The number of aryl methyl sites for hydroxylation is 1. The molecule has 0 aliphatic heterocycles. The Morgan fingerprint density at radius 3 is 2.75 bits per heavy atom. The van der Waals surface area contributed by atoms with Crippen molar-refractivity contribution < 1.29 is 4.79 Å². The highest BCUT2D eigenvalue weighted by atomic mass is 79.9. The van der Waals surface area contributed by atoms with Gasteiger partial charge >= 0.3 is 0 Å². The fraction of sp³-hybridized carbons (Fsp3) is 0.500. The molecule has 20 heavy (non-hydrogen) atoms. The second-order valence-electron chi connectivity index (χ2n) is 5.43. The van der Waals surface area contributed by atoms with Crippen molar-refractivity contribution in [2.45, 2.75) is 50.5 Å². The molecule has 2 rings (SSSR count). The molecule has 0 unspecified atom stereocenters. The van der Waals surface area contributed by atoms with Crippen LogP contribution in [0.3, 0.4) is 0 Å². The molecule has 0 aromatic heterocycles. The Balaban J connectivity index is 1.87. The molecule has 0 heterocycles. The van der Waals surface area contributed by atoms with Gasteiger partial charge in [-0.25, -0.2) is 0 Å². The topological polar surface area (TPSA) is 52.9 Å². The van der Waals surface area contributed by atoms with Crippen molar-refractivity contribution in [3.8, 4) is 6.07 Å². The first-order chi connectivity index (χ1) is 9.63. The summed E-state index contributed by atoms with van der Waals surface area (Å²) in [5.74, 6) is -0.0200. The largest absolute Gasteiger partial charge is 0.338 e. The van der Waals surface area contributed by atoms with Gasteiger partial charge in [-0.15, -0.1) is 0 Å². The maximum Gasteiger partial charge on any atom is 0.221 e. The molecule has 1 aromatic rings. The molecule has 0 radical (unpaired) electrons. The van der Waals surface area contributed by atoms with Crippen LogP contribution in [0.5, 0.6) is 0 Å². The van der Waals surface area contributed by atoms with Crippen LogP contribution in [0.25, 0.3) is 0 Å². The first-order valence-electron chi connectivity index (χ1n) is 7.10. The molecule has 0 saturated heterocycles. The third-order valence-corrected chi connectivity index (χ3v) is 4.32. The molecule has 0 spiro atoms. The smallest absolute Gasteiger partial charge is 0.221 e. The molecule has 1 amide bonds. The molecule has 1 aliphatic rings. The lowest BCUT2D eigenvalue weighted by atomic mass is 9.82. The molecule has 0 atom stereocenters. The van der Waals surface area contributed by atoms with Crippen LogP contribution >= 0.6 is 15.9 Å². The van der Waals surface area contributed by atoms with Crippen molar-refractivity contribution in [2.75, 3.05) is 0 Å². The normalized spacial score (nSPS) is 17.2. The van der Waals surface area contributed by atoms with Gasteiger partial charge in [-0.2, -0.15) is 5.26 Å².